The smallest absolute Gasteiger partial charge is 0.266 e. The Morgan fingerprint density at radius 3 is 2.68 bits per heavy atom. The summed E-state index contributed by atoms with van der Waals surface area (Å²) < 4.78 is 2.39. The number of hydrogen-bond donors (Lipinski definition) is 0. The highest BCUT2D eigenvalue weighted by molar-refractivity contribution is 8.26. The molecule has 1 aromatic carbocycles. The summed E-state index contributed by atoms with van der Waals surface area (Å²) in [6.45, 7) is 2.48. The zero-order valence-electron chi connectivity index (χ0n) is 12.3. The Kier molecular flexibility index (Phi) is 4.13. The third-order valence-electron chi connectivity index (χ3n) is 3.62. The minimum absolute atomic E-state index is 0.0397. The van der Waals surface area contributed by atoms with Crippen LogP contribution in [0.5, 0.6) is 0 Å². The maximum absolute atomic E-state index is 12.6. The Labute approximate surface area is 138 Å². The van der Waals surface area contributed by atoms with Crippen LogP contribution in [0.3, 0.4) is 0 Å². The van der Waals surface area contributed by atoms with Crippen LogP contribution in [0, 0.1) is 6.92 Å². The third-order valence-corrected chi connectivity index (χ3v) is 4.99. The lowest BCUT2D eigenvalue weighted by Crippen LogP contribution is -2.27. The van der Waals surface area contributed by atoms with Gasteiger partial charge in [0, 0.05) is 18.3 Å². The van der Waals surface area contributed by atoms with Gasteiger partial charge in [0.05, 0.1) is 17.6 Å². The quantitative estimate of drug-likeness (QED) is 0.640. The van der Waals surface area contributed by atoms with E-state index in [2.05, 4.69) is 5.10 Å². The molecule has 1 aromatic heterocycles. The number of thioether (sulfide) groups is 1. The van der Waals surface area contributed by atoms with Crippen LogP contribution in [0.1, 0.15) is 16.8 Å². The molecule has 0 aliphatic carbocycles. The lowest BCUT2D eigenvalue weighted by molar-refractivity contribution is -0.122. The number of hydrogen-bond acceptors (Lipinski definition) is 4. The molecule has 6 heteroatoms. The Morgan fingerprint density at radius 1 is 1.32 bits per heavy atom. The third kappa shape index (κ3) is 2.84. The summed E-state index contributed by atoms with van der Waals surface area (Å²) in [6, 6.07) is 9.86. The first-order valence-corrected chi connectivity index (χ1v) is 8.06. The molecule has 0 saturated carbocycles. The molecule has 1 amide bonds. The van der Waals surface area contributed by atoms with Crippen molar-refractivity contribution < 1.29 is 4.79 Å². The minimum Gasteiger partial charge on any atom is -0.288 e. The summed E-state index contributed by atoms with van der Waals surface area (Å²) in [5.41, 5.74) is 3.04. The van der Waals surface area contributed by atoms with Crippen LogP contribution < -0.4 is 0 Å². The number of benzene rings is 1. The number of nitrogens with zero attached hydrogens (tertiary/aromatic N) is 3. The number of aromatic nitrogens is 2. The predicted octanol–water partition coefficient (Wildman–Crippen LogP) is 3.13. The summed E-state index contributed by atoms with van der Waals surface area (Å²) in [5.74, 6) is -0.0397. The van der Waals surface area contributed by atoms with Gasteiger partial charge in [-0.05, 0) is 18.6 Å². The highest BCUT2D eigenvalue weighted by Crippen LogP contribution is 2.33. The van der Waals surface area contributed by atoms with E-state index in [4.69, 9.17) is 12.2 Å². The molecule has 0 bridgehead atoms. The zero-order valence-corrected chi connectivity index (χ0v) is 13.9. The molecule has 112 valence electrons. The van der Waals surface area contributed by atoms with Gasteiger partial charge in [-0.1, -0.05) is 54.3 Å². The molecule has 22 heavy (non-hydrogen) atoms. The standard InChI is InChI=1S/C16H15N3OS2/c1-11-13(9-17-18(11)2)8-14-15(20)19(16(21)22-14)10-12-6-4-3-5-7-12/h3-9H,10H2,1-2H3. The van der Waals surface area contributed by atoms with Gasteiger partial charge in [-0.3, -0.25) is 14.4 Å². The van der Waals surface area contributed by atoms with E-state index in [0.717, 1.165) is 16.8 Å². The summed E-state index contributed by atoms with van der Waals surface area (Å²) >= 11 is 6.70. The van der Waals surface area contributed by atoms with Gasteiger partial charge in [-0.2, -0.15) is 5.10 Å². The van der Waals surface area contributed by atoms with Gasteiger partial charge in [0.25, 0.3) is 5.91 Å². The second-order valence-corrected chi connectivity index (χ2v) is 6.74. The molecule has 2 heterocycles. The number of thiocarbonyl (C=S) groups is 1. The van der Waals surface area contributed by atoms with Gasteiger partial charge < -0.3 is 0 Å². The van der Waals surface area contributed by atoms with Crippen molar-refractivity contribution in [3.63, 3.8) is 0 Å². The highest BCUT2D eigenvalue weighted by atomic mass is 32.2. The number of amides is 1. The van der Waals surface area contributed by atoms with Gasteiger partial charge in [0.1, 0.15) is 4.32 Å². The van der Waals surface area contributed by atoms with E-state index in [1.54, 1.807) is 15.8 Å². The Morgan fingerprint density at radius 2 is 2.05 bits per heavy atom. The molecular formula is C16H15N3OS2. The van der Waals surface area contributed by atoms with Crippen molar-refractivity contribution in [3.05, 3.63) is 58.3 Å². The SMILES string of the molecule is Cc1c(C=C2SC(=S)N(Cc3ccccc3)C2=O)cnn1C. The predicted molar refractivity (Wildman–Crippen MR) is 93.1 cm³/mol. The zero-order chi connectivity index (χ0) is 15.7. The van der Waals surface area contributed by atoms with Crippen LogP contribution in [0.25, 0.3) is 6.08 Å². The van der Waals surface area contributed by atoms with Gasteiger partial charge in [0.15, 0.2) is 0 Å². The van der Waals surface area contributed by atoms with Crippen molar-refractivity contribution in [3.8, 4) is 0 Å². The second-order valence-electron chi connectivity index (χ2n) is 5.06. The fraction of sp³-hybridized carbons (Fsp3) is 0.188. The van der Waals surface area contributed by atoms with Crippen molar-refractivity contribution in [2.75, 3.05) is 0 Å². The topological polar surface area (TPSA) is 38.1 Å². The molecule has 1 aliphatic heterocycles. The molecule has 1 saturated heterocycles. The van der Waals surface area contributed by atoms with Crippen LogP contribution in [0.15, 0.2) is 41.4 Å². The largest absolute Gasteiger partial charge is 0.288 e. The van der Waals surface area contributed by atoms with Crippen molar-refractivity contribution in [1.82, 2.24) is 14.7 Å². The lowest BCUT2D eigenvalue weighted by Gasteiger charge is -2.14. The molecule has 0 unspecified atom stereocenters. The molecule has 0 N–H and O–H groups in total. The number of carbonyl (C=O) groups excluding carboxylic acids is 1. The van der Waals surface area contributed by atoms with Crippen molar-refractivity contribution in [2.45, 2.75) is 13.5 Å². The molecule has 1 fully saturated rings. The molecule has 0 radical (unpaired) electrons. The minimum atomic E-state index is -0.0397. The van der Waals surface area contributed by atoms with E-state index in [9.17, 15) is 4.79 Å². The van der Waals surface area contributed by atoms with Gasteiger partial charge in [0.2, 0.25) is 0 Å². The summed E-state index contributed by atoms with van der Waals surface area (Å²) in [6.07, 6.45) is 3.63. The van der Waals surface area contributed by atoms with Gasteiger partial charge in [-0.25, -0.2) is 0 Å². The molecule has 0 atom stereocenters. The lowest BCUT2D eigenvalue weighted by atomic mass is 10.2. The Hall–Kier alpha value is -1.92. The van der Waals surface area contributed by atoms with Crippen LogP contribution in [-0.4, -0.2) is 24.9 Å². The summed E-state index contributed by atoms with van der Waals surface area (Å²) in [5, 5.41) is 4.19. The first-order valence-electron chi connectivity index (χ1n) is 6.84. The van der Waals surface area contributed by atoms with E-state index >= 15 is 0 Å². The maximum atomic E-state index is 12.6. The van der Waals surface area contributed by atoms with Gasteiger partial charge >= 0.3 is 0 Å². The van der Waals surface area contributed by atoms with Crippen molar-refractivity contribution in [2.24, 2.45) is 7.05 Å². The van der Waals surface area contributed by atoms with E-state index in [1.165, 1.54) is 11.8 Å². The van der Waals surface area contributed by atoms with Crippen LogP contribution in [-0.2, 0) is 18.4 Å². The van der Waals surface area contributed by atoms with E-state index in [-0.39, 0.29) is 5.91 Å². The van der Waals surface area contributed by atoms with Crippen molar-refractivity contribution in [1.29, 1.82) is 0 Å². The van der Waals surface area contributed by atoms with Crippen molar-refractivity contribution >= 4 is 40.3 Å². The first-order chi connectivity index (χ1) is 10.6. The fourth-order valence-electron chi connectivity index (χ4n) is 2.20. The molecule has 1 aliphatic rings. The second kappa shape index (κ2) is 6.06. The van der Waals surface area contributed by atoms with E-state index < -0.39 is 0 Å². The molecule has 2 aromatic rings. The summed E-state index contributed by atoms with van der Waals surface area (Å²) in [7, 11) is 1.88. The number of carbonyl (C=O) groups is 1. The van der Waals surface area contributed by atoms with E-state index in [1.807, 2.05) is 50.4 Å². The number of aryl methyl sites for hydroxylation is 1. The monoisotopic (exact) mass is 329 g/mol. The highest BCUT2D eigenvalue weighted by Gasteiger charge is 2.32. The first kappa shape index (κ1) is 15.0. The molecule has 4 nitrogen and oxygen atoms in total. The molecule has 3 rings (SSSR count). The average Bonchev–Trinajstić information content (AvgIpc) is 2.96. The van der Waals surface area contributed by atoms with E-state index in [0.29, 0.717) is 15.8 Å². The fourth-order valence-corrected chi connectivity index (χ4v) is 3.45. The van der Waals surface area contributed by atoms with Crippen LogP contribution >= 0.6 is 24.0 Å². The van der Waals surface area contributed by atoms with Crippen LogP contribution in [0.2, 0.25) is 0 Å². The summed E-state index contributed by atoms with van der Waals surface area (Å²) in [4.78, 5) is 14.9. The Bertz CT molecular complexity index is 765. The maximum Gasteiger partial charge on any atom is 0.266 e. The number of rotatable bonds is 3. The van der Waals surface area contributed by atoms with Gasteiger partial charge in [-0.15, -0.1) is 0 Å². The molecule has 0 spiro atoms. The molecular weight excluding hydrogens is 314 g/mol. The van der Waals surface area contributed by atoms with Crippen LogP contribution in [0.4, 0.5) is 0 Å². The Balaban J connectivity index is 1.84. The average molecular weight is 329 g/mol. The normalized spacial score (nSPS) is 16.8.